The molecule has 0 aliphatic carbocycles. The number of hydrogen-bond donors (Lipinski definition) is 8. The van der Waals surface area contributed by atoms with Crippen LogP contribution in [0, 0.1) is 0 Å². The van der Waals surface area contributed by atoms with E-state index in [1.165, 1.54) is 225 Å². The topological polar surface area (TPSA) is 189 Å². The van der Waals surface area contributed by atoms with Gasteiger partial charge in [-0.25, -0.2) is 0 Å². The molecule has 428 valence electrons. The second kappa shape index (κ2) is 50.7. The first-order valence-electron chi connectivity index (χ1n) is 31.1. The fourth-order valence-electron chi connectivity index (χ4n) is 10.3. The summed E-state index contributed by atoms with van der Waals surface area (Å²) >= 11 is 0. The number of carbonyl (C=O) groups is 1. The van der Waals surface area contributed by atoms with Crippen molar-refractivity contribution in [1.82, 2.24) is 5.32 Å². The van der Waals surface area contributed by atoms with E-state index in [4.69, 9.17) is 9.47 Å². The van der Waals surface area contributed by atoms with Crippen molar-refractivity contribution in [2.24, 2.45) is 0 Å². The molecule has 11 nitrogen and oxygen atoms in total. The summed E-state index contributed by atoms with van der Waals surface area (Å²) in [4.78, 5) is 13.2. The Morgan fingerprint density at radius 1 is 0.472 bits per heavy atom. The van der Waals surface area contributed by atoms with Gasteiger partial charge in [-0.15, -0.1) is 0 Å². The largest absolute Gasteiger partial charge is 0.394 e. The Balaban J connectivity index is 2.22. The number of unbranched alkanes of at least 4 members (excludes halogenated alkanes) is 40. The van der Waals surface area contributed by atoms with Crippen molar-refractivity contribution < 1.29 is 50.0 Å². The molecule has 1 fully saturated rings. The standard InChI is InChI=1S/C61H119NO10/c1-3-5-7-9-11-13-15-17-19-20-21-22-23-24-25-26-27-28-29-30-31-32-33-34-35-37-38-40-42-44-46-48-53(64)56(66)52(51-71-61-59(69)58(68)57(67)55(50-63)72-61)62-60(70)54(65)49-47-45-43-41-39-36-18-16-14-12-10-8-6-4-2/h40,42,52-59,61,63-69H,3-39,41,43-51H2,1-2H3,(H,62,70)/b42-40+. The number of hydrogen-bond acceptors (Lipinski definition) is 10. The third kappa shape index (κ3) is 38.4. The van der Waals surface area contributed by atoms with Gasteiger partial charge >= 0.3 is 0 Å². The molecule has 0 saturated carbocycles. The third-order valence-electron chi connectivity index (χ3n) is 15.3. The van der Waals surface area contributed by atoms with Crippen LogP contribution < -0.4 is 5.32 Å². The monoisotopic (exact) mass is 1030 g/mol. The Hall–Kier alpha value is -1.15. The van der Waals surface area contributed by atoms with E-state index in [9.17, 15) is 40.5 Å². The number of amides is 1. The molecule has 11 heteroatoms. The van der Waals surface area contributed by atoms with Crippen molar-refractivity contribution in [3.05, 3.63) is 12.2 Å². The van der Waals surface area contributed by atoms with E-state index in [2.05, 4.69) is 31.3 Å². The van der Waals surface area contributed by atoms with Gasteiger partial charge in [0.2, 0.25) is 5.91 Å². The number of aliphatic hydroxyl groups is 7. The molecule has 8 N–H and O–H groups in total. The van der Waals surface area contributed by atoms with E-state index in [0.717, 1.165) is 38.5 Å². The lowest BCUT2D eigenvalue weighted by Crippen LogP contribution is -2.60. The summed E-state index contributed by atoms with van der Waals surface area (Å²) < 4.78 is 11.1. The molecular formula is C61H119NO10. The molecule has 72 heavy (non-hydrogen) atoms. The Kier molecular flexibility index (Phi) is 48.4. The predicted molar refractivity (Wildman–Crippen MR) is 298 cm³/mol. The Bertz CT molecular complexity index is 1180. The second-order valence-electron chi connectivity index (χ2n) is 22.1. The molecule has 9 unspecified atom stereocenters. The average molecular weight is 1030 g/mol. The van der Waals surface area contributed by atoms with Crippen molar-refractivity contribution in [2.45, 2.75) is 358 Å². The fourth-order valence-corrected chi connectivity index (χ4v) is 10.3. The summed E-state index contributed by atoms with van der Waals surface area (Å²) in [5.74, 6) is -0.702. The van der Waals surface area contributed by atoms with Gasteiger partial charge in [-0.1, -0.05) is 276 Å². The van der Waals surface area contributed by atoms with Crippen LogP contribution in [0.1, 0.15) is 303 Å². The van der Waals surface area contributed by atoms with Crippen LogP contribution in [0.2, 0.25) is 0 Å². The number of allylic oxidation sites excluding steroid dienone is 2. The van der Waals surface area contributed by atoms with Crippen molar-refractivity contribution >= 4 is 5.91 Å². The smallest absolute Gasteiger partial charge is 0.249 e. The quantitative estimate of drug-likeness (QED) is 0.0215. The first-order valence-corrected chi connectivity index (χ1v) is 31.1. The maximum Gasteiger partial charge on any atom is 0.249 e. The van der Waals surface area contributed by atoms with E-state index in [-0.39, 0.29) is 12.8 Å². The zero-order valence-corrected chi connectivity index (χ0v) is 46.9. The van der Waals surface area contributed by atoms with E-state index >= 15 is 0 Å². The van der Waals surface area contributed by atoms with Crippen molar-refractivity contribution in [2.75, 3.05) is 13.2 Å². The summed E-state index contributed by atoms with van der Waals surface area (Å²) in [7, 11) is 0. The first kappa shape index (κ1) is 68.9. The van der Waals surface area contributed by atoms with Gasteiger partial charge in [-0.2, -0.15) is 0 Å². The minimum atomic E-state index is -1.66. The second-order valence-corrected chi connectivity index (χ2v) is 22.1. The van der Waals surface area contributed by atoms with E-state index in [1.807, 2.05) is 0 Å². The van der Waals surface area contributed by atoms with Gasteiger partial charge in [0.1, 0.15) is 36.6 Å². The molecule has 0 radical (unpaired) electrons. The molecule has 1 heterocycles. The molecule has 1 amide bonds. The highest BCUT2D eigenvalue weighted by Crippen LogP contribution is 2.24. The van der Waals surface area contributed by atoms with Crippen molar-refractivity contribution in [1.29, 1.82) is 0 Å². The molecule has 0 spiro atoms. The fraction of sp³-hybridized carbons (Fsp3) is 0.951. The van der Waals surface area contributed by atoms with Crippen LogP contribution in [0.25, 0.3) is 0 Å². The van der Waals surface area contributed by atoms with Gasteiger partial charge in [0.15, 0.2) is 6.29 Å². The molecule has 1 rings (SSSR count). The molecule has 0 bridgehead atoms. The van der Waals surface area contributed by atoms with Gasteiger partial charge in [0.25, 0.3) is 0 Å². The minimum Gasteiger partial charge on any atom is -0.394 e. The highest BCUT2D eigenvalue weighted by Gasteiger charge is 2.44. The Morgan fingerprint density at radius 2 is 0.819 bits per heavy atom. The van der Waals surface area contributed by atoms with Crippen LogP contribution in [0.3, 0.4) is 0 Å². The maximum atomic E-state index is 13.2. The van der Waals surface area contributed by atoms with Crippen LogP contribution in [-0.4, -0.2) is 110 Å². The van der Waals surface area contributed by atoms with Gasteiger partial charge in [0, 0.05) is 0 Å². The summed E-state index contributed by atoms with van der Waals surface area (Å²) in [6.45, 7) is 3.47. The van der Waals surface area contributed by atoms with Crippen molar-refractivity contribution in [3.63, 3.8) is 0 Å². The van der Waals surface area contributed by atoms with Gasteiger partial charge in [0.05, 0.1) is 25.4 Å². The highest BCUT2D eigenvalue weighted by atomic mass is 16.7. The highest BCUT2D eigenvalue weighted by molar-refractivity contribution is 5.80. The van der Waals surface area contributed by atoms with E-state index < -0.39 is 74.2 Å². The first-order chi connectivity index (χ1) is 35.2. The van der Waals surface area contributed by atoms with Gasteiger partial charge < -0.3 is 50.5 Å². The summed E-state index contributed by atoms with van der Waals surface area (Å²) in [5.41, 5.74) is 0. The molecule has 0 aromatic carbocycles. The Morgan fingerprint density at radius 3 is 1.19 bits per heavy atom. The van der Waals surface area contributed by atoms with E-state index in [1.54, 1.807) is 0 Å². The molecule has 0 aromatic heterocycles. The van der Waals surface area contributed by atoms with Gasteiger partial charge in [-0.05, 0) is 38.5 Å². The molecule has 1 aliphatic rings. The lowest BCUT2D eigenvalue weighted by Gasteiger charge is -2.40. The lowest BCUT2D eigenvalue weighted by atomic mass is 9.98. The number of nitrogens with one attached hydrogen (secondary N) is 1. The van der Waals surface area contributed by atoms with Gasteiger partial charge in [-0.3, -0.25) is 4.79 Å². The average Bonchev–Trinajstić information content (AvgIpc) is 3.38. The zero-order valence-electron chi connectivity index (χ0n) is 46.9. The van der Waals surface area contributed by atoms with Crippen LogP contribution in [0.15, 0.2) is 12.2 Å². The number of ether oxygens (including phenoxy) is 2. The van der Waals surface area contributed by atoms with Crippen LogP contribution >= 0.6 is 0 Å². The maximum absolute atomic E-state index is 13.2. The number of rotatable bonds is 54. The summed E-state index contributed by atoms with van der Waals surface area (Å²) in [5, 5.41) is 76.1. The predicted octanol–water partition coefficient (Wildman–Crippen LogP) is 13.5. The molecule has 1 saturated heterocycles. The van der Waals surface area contributed by atoms with Crippen LogP contribution in [0.4, 0.5) is 0 Å². The lowest BCUT2D eigenvalue weighted by molar-refractivity contribution is -0.303. The normalized spacial score (nSPS) is 20.0. The minimum absolute atomic E-state index is 0.259. The molecule has 0 aromatic rings. The third-order valence-corrected chi connectivity index (χ3v) is 15.3. The Labute approximate surface area is 442 Å². The van der Waals surface area contributed by atoms with E-state index in [0.29, 0.717) is 12.8 Å². The molecule has 1 aliphatic heterocycles. The number of aliphatic hydroxyl groups excluding tert-OH is 7. The molecule has 9 atom stereocenters. The zero-order chi connectivity index (χ0) is 52.5. The number of carbonyl (C=O) groups excluding carboxylic acids is 1. The SMILES string of the molecule is CCCCCCCCCCCCCCCCCCCCCCCCCCCC/C=C/CCCC(O)C(O)C(COC1OC(CO)C(O)C(O)C1O)NC(=O)C(O)CCCCCCCCCCCCCCCC. The summed E-state index contributed by atoms with van der Waals surface area (Å²) in [6.07, 6.45) is 48.7. The van der Waals surface area contributed by atoms with Crippen LogP contribution in [0.5, 0.6) is 0 Å². The van der Waals surface area contributed by atoms with Crippen molar-refractivity contribution in [3.8, 4) is 0 Å². The molecular weight excluding hydrogens is 907 g/mol. The summed E-state index contributed by atoms with van der Waals surface area (Å²) in [6, 6.07) is -1.18. The van der Waals surface area contributed by atoms with Crippen LogP contribution in [-0.2, 0) is 14.3 Å².